The number of fused-ring (bicyclic) bond motifs is 1. The van der Waals surface area contributed by atoms with Gasteiger partial charge in [-0.2, -0.15) is 0 Å². The topological polar surface area (TPSA) is 66.9 Å². The van der Waals surface area contributed by atoms with Crippen LogP contribution in [0.2, 0.25) is 0 Å². The van der Waals surface area contributed by atoms with Gasteiger partial charge in [0.25, 0.3) is 0 Å². The monoisotopic (exact) mass is 421 g/mol. The molecule has 6 heteroatoms. The maximum atomic E-state index is 10.9. The van der Waals surface area contributed by atoms with Crippen molar-refractivity contribution < 1.29 is 14.6 Å². The number of aliphatic hydroxyl groups is 1. The van der Waals surface area contributed by atoms with Gasteiger partial charge in [0.05, 0.1) is 18.7 Å². The number of hydrogen-bond donors (Lipinski definition) is 2. The Labute approximate surface area is 183 Å². The summed E-state index contributed by atoms with van der Waals surface area (Å²) in [6.45, 7) is 4.08. The molecule has 31 heavy (non-hydrogen) atoms. The van der Waals surface area contributed by atoms with Crippen LogP contribution in [0, 0.1) is 0 Å². The lowest BCUT2D eigenvalue weighted by Gasteiger charge is -2.33. The normalized spacial score (nSPS) is 16.3. The number of piperidine rings is 1. The highest BCUT2D eigenvalue weighted by molar-refractivity contribution is 5.83. The molecule has 2 heterocycles. The van der Waals surface area contributed by atoms with Crippen LogP contribution in [0.5, 0.6) is 11.5 Å². The van der Waals surface area contributed by atoms with Crippen LogP contribution in [0.1, 0.15) is 24.5 Å². The van der Waals surface area contributed by atoms with Gasteiger partial charge in [-0.25, -0.2) is 0 Å². The van der Waals surface area contributed by atoms with Crippen molar-refractivity contribution in [2.45, 2.75) is 25.0 Å². The third-order valence-electron chi connectivity index (χ3n) is 5.91. The van der Waals surface area contributed by atoms with E-state index in [9.17, 15) is 5.11 Å². The first-order valence-corrected chi connectivity index (χ1v) is 11.0. The highest BCUT2D eigenvalue weighted by Gasteiger charge is 2.22. The number of likely N-dealkylation sites (tertiary alicyclic amines) is 1. The molecule has 164 valence electrons. The van der Waals surface area contributed by atoms with Crippen molar-refractivity contribution in [2.75, 3.05) is 39.9 Å². The molecule has 0 radical (unpaired) electrons. The second kappa shape index (κ2) is 10.6. The zero-order valence-electron chi connectivity index (χ0n) is 18.0. The van der Waals surface area contributed by atoms with Crippen LogP contribution in [0.4, 0.5) is 0 Å². The Balaban J connectivity index is 1.24. The zero-order valence-corrected chi connectivity index (χ0v) is 18.0. The number of β-amino-alcohol motifs (C(OH)–C–C–N with tert-alkyl or cyclic N) is 1. The van der Waals surface area contributed by atoms with Crippen molar-refractivity contribution in [3.05, 3.63) is 66.4 Å². The predicted molar refractivity (Wildman–Crippen MR) is 123 cm³/mol. The molecule has 0 saturated carbocycles. The molecule has 1 aliphatic heterocycles. The lowest BCUT2D eigenvalue weighted by atomic mass is 10.0. The Kier molecular flexibility index (Phi) is 7.35. The Morgan fingerprint density at radius 1 is 1.10 bits per heavy atom. The summed E-state index contributed by atoms with van der Waals surface area (Å²) in [6.07, 6.45) is 3.36. The first-order chi connectivity index (χ1) is 15.2. The Morgan fingerprint density at radius 2 is 1.90 bits per heavy atom. The summed E-state index contributed by atoms with van der Waals surface area (Å²) in [5.74, 6) is 1.69. The van der Waals surface area contributed by atoms with Crippen molar-refractivity contribution >= 4 is 10.9 Å². The van der Waals surface area contributed by atoms with Crippen molar-refractivity contribution in [2.24, 2.45) is 0 Å². The average molecular weight is 422 g/mol. The van der Waals surface area contributed by atoms with Crippen molar-refractivity contribution in [3.8, 4) is 11.5 Å². The van der Waals surface area contributed by atoms with Gasteiger partial charge in [-0.3, -0.25) is 4.98 Å². The minimum atomic E-state index is -0.554. The minimum absolute atomic E-state index is 0.499. The molecule has 0 aliphatic carbocycles. The molecule has 1 atom stereocenters. The second-order valence-corrected chi connectivity index (χ2v) is 7.99. The van der Waals surface area contributed by atoms with Crippen LogP contribution in [-0.2, 0) is 0 Å². The molecule has 1 saturated heterocycles. The van der Waals surface area contributed by atoms with Gasteiger partial charge >= 0.3 is 0 Å². The van der Waals surface area contributed by atoms with E-state index in [2.05, 4.69) is 15.2 Å². The highest BCUT2D eigenvalue weighted by Crippen LogP contribution is 2.27. The largest absolute Gasteiger partial charge is 0.497 e. The lowest BCUT2D eigenvalue weighted by Crippen LogP contribution is -2.44. The van der Waals surface area contributed by atoms with E-state index in [0.29, 0.717) is 19.2 Å². The first kappa shape index (κ1) is 21.6. The van der Waals surface area contributed by atoms with E-state index in [1.807, 2.05) is 54.6 Å². The fourth-order valence-corrected chi connectivity index (χ4v) is 4.18. The van der Waals surface area contributed by atoms with Gasteiger partial charge in [-0.1, -0.05) is 18.2 Å². The molecule has 2 N–H and O–H groups in total. The van der Waals surface area contributed by atoms with Gasteiger partial charge in [0, 0.05) is 30.7 Å². The highest BCUT2D eigenvalue weighted by atomic mass is 16.5. The molecule has 4 rings (SSSR count). The van der Waals surface area contributed by atoms with Gasteiger partial charge in [-0.15, -0.1) is 0 Å². The summed E-state index contributed by atoms with van der Waals surface area (Å²) in [4.78, 5) is 6.76. The average Bonchev–Trinajstić information content (AvgIpc) is 2.82. The molecular weight excluding hydrogens is 390 g/mol. The maximum Gasteiger partial charge on any atom is 0.119 e. The molecule has 1 fully saturated rings. The molecule has 6 nitrogen and oxygen atoms in total. The van der Waals surface area contributed by atoms with Crippen LogP contribution in [0.15, 0.2) is 60.8 Å². The summed E-state index contributed by atoms with van der Waals surface area (Å²) < 4.78 is 11.1. The number of aromatic nitrogens is 1. The van der Waals surface area contributed by atoms with Crippen LogP contribution in [0.3, 0.4) is 0 Å². The number of nitrogens with zero attached hydrogens (tertiary/aromatic N) is 2. The second-order valence-electron chi connectivity index (χ2n) is 7.99. The van der Waals surface area contributed by atoms with Crippen molar-refractivity contribution in [1.29, 1.82) is 0 Å². The number of ether oxygens (including phenoxy) is 2. The molecule has 0 bridgehead atoms. The maximum absolute atomic E-state index is 10.9. The van der Waals surface area contributed by atoms with Crippen molar-refractivity contribution in [1.82, 2.24) is 15.2 Å². The van der Waals surface area contributed by atoms with Crippen LogP contribution >= 0.6 is 0 Å². The lowest BCUT2D eigenvalue weighted by molar-refractivity contribution is 0.0946. The summed E-state index contributed by atoms with van der Waals surface area (Å²) in [7, 11) is 1.65. The Morgan fingerprint density at radius 3 is 2.68 bits per heavy atom. The molecule has 0 spiro atoms. The summed E-state index contributed by atoms with van der Waals surface area (Å²) in [5, 5.41) is 15.5. The standard InChI is InChI=1S/C25H31N3O3/c1-30-21-7-8-24-23(17-21)22(9-12-27-24)25(29)18-28-14-10-19(11-15-28)26-13-16-31-20-5-3-2-4-6-20/h2-9,12,17,19,25-26,29H,10-11,13-16,18H2,1H3/t25-/m0/s1. The smallest absolute Gasteiger partial charge is 0.119 e. The van der Waals surface area contributed by atoms with E-state index in [1.54, 1.807) is 13.3 Å². The van der Waals surface area contributed by atoms with Gasteiger partial charge < -0.3 is 24.8 Å². The van der Waals surface area contributed by atoms with E-state index in [-0.39, 0.29) is 0 Å². The Hall–Kier alpha value is -2.67. The first-order valence-electron chi connectivity index (χ1n) is 11.0. The van der Waals surface area contributed by atoms with Crippen LogP contribution in [-0.4, -0.2) is 60.9 Å². The van der Waals surface area contributed by atoms with E-state index in [1.165, 1.54) is 0 Å². The van der Waals surface area contributed by atoms with E-state index in [0.717, 1.165) is 60.4 Å². The summed E-state index contributed by atoms with van der Waals surface area (Å²) >= 11 is 0. The number of para-hydroxylation sites is 1. The summed E-state index contributed by atoms with van der Waals surface area (Å²) in [5.41, 5.74) is 1.78. The third-order valence-corrected chi connectivity index (χ3v) is 5.91. The quantitative estimate of drug-likeness (QED) is 0.516. The number of aliphatic hydroxyl groups excluding tert-OH is 1. The molecule has 0 unspecified atom stereocenters. The number of hydrogen-bond acceptors (Lipinski definition) is 6. The number of methoxy groups -OCH3 is 1. The zero-order chi connectivity index (χ0) is 21.5. The Bertz CT molecular complexity index is 959. The van der Waals surface area contributed by atoms with Gasteiger partial charge in [0.15, 0.2) is 0 Å². The van der Waals surface area contributed by atoms with Crippen LogP contribution < -0.4 is 14.8 Å². The van der Waals surface area contributed by atoms with E-state index in [4.69, 9.17) is 9.47 Å². The number of rotatable bonds is 9. The SMILES string of the molecule is COc1ccc2nccc([C@@H](O)CN3CCC(NCCOc4ccccc4)CC3)c2c1. The molecule has 0 amide bonds. The van der Waals surface area contributed by atoms with Gasteiger partial charge in [0.1, 0.15) is 18.1 Å². The fourth-order valence-electron chi connectivity index (χ4n) is 4.18. The molecule has 3 aromatic rings. The number of benzene rings is 2. The number of nitrogens with one attached hydrogen (secondary N) is 1. The van der Waals surface area contributed by atoms with Gasteiger partial charge in [0.2, 0.25) is 0 Å². The van der Waals surface area contributed by atoms with E-state index >= 15 is 0 Å². The minimum Gasteiger partial charge on any atom is -0.497 e. The molecule has 2 aromatic carbocycles. The van der Waals surface area contributed by atoms with Crippen LogP contribution in [0.25, 0.3) is 10.9 Å². The predicted octanol–water partition coefficient (Wildman–Crippen LogP) is 3.41. The van der Waals surface area contributed by atoms with Gasteiger partial charge in [-0.05, 0) is 67.9 Å². The number of pyridine rings is 1. The molecule has 1 aliphatic rings. The fraction of sp³-hybridized carbons (Fsp3) is 0.400. The summed E-state index contributed by atoms with van der Waals surface area (Å²) in [6, 6.07) is 18.1. The molecular formula is C25H31N3O3. The molecule has 1 aromatic heterocycles. The van der Waals surface area contributed by atoms with Crippen molar-refractivity contribution in [3.63, 3.8) is 0 Å². The van der Waals surface area contributed by atoms with E-state index < -0.39 is 6.10 Å². The third kappa shape index (κ3) is 5.73.